The molecule has 1 aromatic heterocycles. The molecule has 0 N–H and O–H groups in total. The van der Waals surface area contributed by atoms with Crippen molar-refractivity contribution >= 4 is 34.4 Å². The highest BCUT2D eigenvalue weighted by Crippen LogP contribution is 2.49. The van der Waals surface area contributed by atoms with Crippen LogP contribution in [-0.2, 0) is 17.5 Å². The van der Waals surface area contributed by atoms with Crippen molar-refractivity contribution < 1.29 is 26.7 Å². The van der Waals surface area contributed by atoms with Crippen LogP contribution in [0.25, 0.3) is 22.0 Å². The first-order chi connectivity index (χ1) is 21.4. The molecular weight excluding hydrogens is 611 g/mol. The minimum absolute atomic E-state index is 0.105. The number of rotatable bonds is 4. The van der Waals surface area contributed by atoms with Crippen LogP contribution in [0.5, 0.6) is 0 Å². The van der Waals surface area contributed by atoms with Gasteiger partial charge in [0.1, 0.15) is 17.5 Å². The van der Waals surface area contributed by atoms with E-state index in [9.17, 15) is 31.5 Å². The zero-order valence-corrected chi connectivity index (χ0v) is 25.3. The number of alkyl halides is 3. The molecule has 6 rings (SSSR count). The van der Waals surface area contributed by atoms with Gasteiger partial charge in [0.25, 0.3) is 0 Å². The Kier molecular flexibility index (Phi) is 7.96. The standard InChI is InChI=1S/C33H29F5N4O2S/c1-4-27(43)42-18(2)14-40(15-19(42)3)31-25-13-26(33(36,37)38)28(21-7-11-24(35)12-8-21)30-29(25)41(32(44)39-31)16-22(17-45-30)20-5-9-23(34)10-6-20/h4-13,18-19,22H,1,14-17H2,2-3H3/t18-,19+,22-/m0/s1. The maximum absolute atomic E-state index is 14.9. The Labute approximate surface area is 260 Å². The van der Waals surface area contributed by atoms with Crippen molar-refractivity contribution in [2.24, 2.45) is 0 Å². The molecule has 3 heterocycles. The predicted octanol–water partition coefficient (Wildman–Crippen LogP) is 6.86. The Balaban J connectivity index is 1.62. The van der Waals surface area contributed by atoms with Crippen LogP contribution < -0.4 is 10.6 Å². The largest absolute Gasteiger partial charge is 0.417 e. The normalized spacial score (nSPS) is 20.3. The number of hydrogen-bond acceptors (Lipinski definition) is 5. The number of anilines is 1. The lowest BCUT2D eigenvalue weighted by molar-refractivity contribution is -0.137. The highest BCUT2D eigenvalue weighted by molar-refractivity contribution is 7.99. The molecule has 0 aliphatic carbocycles. The summed E-state index contributed by atoms with van der Waals surface area (Å²) in [6.07, 6.45) is -3.58. The lowest BCUT2D eigenvalue weighted by Gasteiger charge is -2.44. The summed E-state index contributed by atoms with van der Waals surface area (Å²) < 4.78 is 73.9. The van der Waals surface area contributed by atoms with Crippen molar-refractivity contribution in [2.75, 3.05) is 23.7 Å². The quantitative estimate of drug-likeness (QED) is 0.180. The zero-order valence-electron chi connectivity index (χ0n) is 24.4. The molecule has 3 atom stereocenters. The Morgan fingerprint density at radius 3 is 2.16 bits per heavy atom. The van der Waals surface area contributed by atoms with Gasteiger partial charge < -0.3 is 9.80 Å². The van der Waals surface area contributed by atoms with Crippen LogP contribution in [-0.4, -0.2) is 51.3 Å². The second-order valence-electron chi connectivity index (χ2n) is 11.5. The number of carbonyl (C=O) groups excluding carboxylic acids is 1. The smallest absolute Gasteiger partial charge is 0.352 e. The minimum atomic E-state index is -4.80. The number of hydrogen-bond donors (Lipinski definition) is 0. The van der Waals surface area contributed by atoms with E-state index >= 15 is 0 Å². The van der Waals surface area contributed by atoms with Gasteiger partial charge in [0.05, 0.1) is 11.1 Å². The molecule has 0 saturated carbocycles. The first-order valence-electron chi connectivity index (χ1n) is 14.4. The molecule has 4 aromatic rings. The van der Waals surface area contributed by atoms with Gasteiger partial charge in [0.15, 0.2) is 0 Å². The maximum Gasteiger partial charge on any atom is 0.417 e. The van der Waals surface area contributed by atoms with Gasteiger partial charge in [-0.25, -0.2) is 13.6 Å². The van der Waals surface area contributed by atoms with Crippen molar-refractivity contribution in [3.63, 3.8) is 0 Å². The predicted molar refractivity (Wildman–Crippen MR) is 164 cm³/mol. The van der Waals surface area contributed by atoms with Crippen LogP contribution in [0.4, 0.5) is 27.8 Å². The summed E-state index contributed by atoms with van der Waals surface area (Å²) in [5.74, 6) is -1.23. The summed E-state index contributed by atoms with van der Waals surface area (Å²) in [6, 6.07) is 11.0. The van der Waals surface area contributed by atoms with Gasteiger partial charge in [-0.2, -0.15) is 18.2 Å². The number of thioether (sulfide) groups is 1. The molecule has 1 amide bonds. The second-order valence-corrected chi connectivity index (χ2v) is 12.5. The lowest BCUT2D eigenvalue weighted by atomic mass is 9.95. The van der Waals surface area contributed by atoms with Gasteiger partial charge in [0.2, 0.25) is 5.91 Å². The van der Waals surface area contributed by atoms with E-state index in [0.29, 0.717) is 11.3 Å². The Hall–Kier alpha value is -4.19. The number of nitrogens with zero attached hydrogens (tertiary/aromatic N) is 4. The van der Waals surface area contributed by atoms with E-state index in [1.807, 2.05) is 13.8 Å². The molecule has 3 aromatic carbocycles. The van der Waals surface area contributed by atoms with Crippen LogP contribution in [0.15, 0.2) is 76.9 Å². The molecule has 1 saturated heterocycles. The molecule has 0 spiro atoms. The Bertz CT molecular complexity index is 1850. The van der Waals surface area contributed by atoms with Crippen molar-refractivity contribution in [3.8, 4) is 11.1 Å². The van der Waals surface area contributed by atoms with Gasteiger partial charge in [-0.3, -0.25) is 9.36 Å². The SMILES string of the molecule is C=CC(=O)N1[C@H](C)CN(c2nc(=O)n3c4c(c(-c5ccc(F)cc5)c(C(F)(F)F)cc24)SC[C@@H](c2ccc(F)cc2)C3)C[C@@H]1C. The summed E-state index contributed by atoms with van der Waals surface area (Å²) in [5.41, 5.74) is -0.525. The molecular formula is C33H29F5N4O2S. The number of aromatic nitrogens is 2. The molecule has 234 valence electrons. The Morgan fingerprint density at radius 2 is 1.58 bits per heavy atom. The molecule has 1 fully saturated rings. The fraction of sp³-hybridized carbons (Fsp3) is 0.303. The third kappa shape index (κ3) is 5.60. The average Bonchev–Trinajstić information content (AvgIpc) is 3.20. The molecule has 12 heteroatoms. The Morgan fingerprint density at radius 1 is 0.978 bits per heavy atom. The maximum atomic E-state index is 14.9. The van der Waals surface area contributed by atoms with Gasteiger partial charge in [0, 0.05) is 59.2 Å². The molecule has 0 unspecified atom stereocenters. The lowest BCUT2D eigenvalue weighted by Crippen LogP contribution is -2.58. The van der Waals surface area contributed by atoms with Crippen molar-refractivity contribution in [3.05, 3.63) is 100 Å². The fourth-order valence-electron chi connectivity index (χ4n) is 6.50. The third-order valence-electron chi connectivity index (χ3n) is 8.46. The van der Waals surface area contributed by atoms with Gasteiger partial charge in [-0.15, -0.1) is 11.8 Å². The van der Waals surface area contributed by atoms with E-state index < -0.39 is 29.1 Å². The van der Waals surface area contributed by atoms with Crippen molar-refractivity contribution in [1.82, 2.24) is 14.5 Å². The van der Waals surface area contributed by atoms with E-state index in [2.05, 4.69) is 11.6 Å². The number of piperazine rings is 1. The molecule has 2 aliphatic heterocycles. The number of halogens is 5. The van der Waals surface area contributed by atoms with Gasteiger partial charge in [-0.1, -0.05) is 30.8 Å². The summed E-state index contributed by atoms with van der Waals surface area (Å²) in [4.78, 5) is 34.4. The van der Waals surface area contributed by atoms with Crippen molar-refractivity contribution in [1.29, 1.82) is 0 Å². The number of carbonyl (C=O) groups is 1. The summed E-state index contributed by atoms with van der Waals surface area (Å²) in [7, 11) is 0. The van der Waals surface area contributed by atoms with Crippen LogP contribution in [0, 0.1) is 11.6 Å². The first-order valence-corrected chi connectivity index (χ1v) is 15.4. The van der Waals surface area contributed by atoms with Crippen LogP contribution >= 0.6 is 11.8 Å². The number of benzene rings is 3. The molecule has 45 heavy (non-hydrogen) atoms. The number of amides is 1. The highest BCUT2D eigenvalue weighted by Gasteiger charge is 2.40. The topological polar surface area (TPSA) is 58.4 Å². The van der Waals surface area contributed by atoms with E-state index in [0.717, 1.165) is 23.8 Å². The minimum Gasteiger partial charge on any atom is -0.352 e. The van der Waals surface area contributed by atoms with Crippen LogP contribution in [0.2, 0.25) is 0 Å². The van der Waals surface area contributed by atoms with Crippen LogP contribution in [0.1, 0.15) is 30.9 Å². The first kappa shape index (κ1) is 30.8. The van der Waals surface area contributed by atoms with Gasteiger partial charge >= 0.3 is 11.9 Å². The zero-order chi connectivity index (χ0) is 32.2. The highest BCUT2D eigenvalue weighted by atomic mass is 32.2. The van der Waals surface area contributed by atoms with Crippen LogP contribution in [0.3, 0.4) is 0 Å². The van der Waals surface area contributed by atoms with E-state index in [1.54, 1.807) is 21.9 Å². The second kappa shape index (κ2) is 11.6. The molecule has 0 bridgehead atoms. The molecule has 2 aliphatic rings. The van der Waals surface area contributed by atoms with Gasteiger partial charge in [-0.05, 0) is 61.4 Å². The average molecular weight is 641 g/mol. The van der Waals surface area contributed by atoms with E-state index in [-0.39, 0.29) is 70.8 Å². The third-order valence-corrected chi connectivity index (χ3v) is 9.71. The van der Waals surface area contributed by atoms with Crippen molar-refractivity contribution in [2.45, 2.75) is 49.5 Å². The van der Waals surface area contributed by atoms with E-state index in [1.165, 1.54) is 46.7 Å². The summed E-state index contributed by atoms with van der Waals surface area (Å²) >= 11 is 1.18. The summed E-state index contributed by atoms with van der Waals surface area (Å²) in [5, 5.41) is 0.151. The summed E-state index contributed by atoms with van der Waals surface area (Å²) in [6.45, 7) is 7.79. The van der Waals surface area contributed by atoms with E-state index in [4.69, 9.17) is 0 Å². The fourth-order valence-corrected chi connectivity index (χ4v) is 7.89. The molecule has 0 radical (unpaired) electrons. The molecule has 6 nitrogen and oxygen atoms in total. The monoisotopic (exact) mass is 640 g/mol.